The Kier molecular flexibility index (Phi) is 3.86. The number of likely N-dealkylation sites (N-methyl/N-ethyl adjacent to an activating group) is 1. The summed E-state index contributed by atoms with van der Waals surface area (Å²) in [7, 11) is 2.18. The van der Waals surface area contributed by atoms with E-state index >= 15 is 0 Å². The number of furan rings is 1. The van der Waals surface area contributed by atoms with Crippen molar-refractivity contribution in [3.63, 3.8) is 0 Å². The highest BCUT2D eigenvalue weighted by atomic mass is 16.3. The molecule has 0 saturated carbocycles. The number of hydrogen-bond donors (Lipinski definition) is 1. The lowest BCUT2D eigenvalue weighted by Crippen LogP contribution is -2.49. The molecule has 1 aliphatic rings. The third kappa shape index (κ3) is 2.89. The maximum absolute atomic E-state index is 5.76. The van der Waals surface area contributed by atoms with Crippen LogP contribution in [0.3, 0.4) is 0 Å². The first kappa shape index (κ1) is 12.6. The summed E-state index contributed by atoms with van der Waals surface area (Å²) < 4.78 is 5.76. The van der Waals surface area contributed by atoms with Gasteiger partial charge in [-0.25, -0.2) is 0 Å². The van der Waals surface area contributed by atoms with Gasteiger partial charge >= 0.3 is 0 Å². The van der Waals surface area contributed by atoms with Crippen molar-refractivity contribution in [1.29, 1.82) is 0 Å². The van der Waals surface area contributed by atoms with Gasteiger partial charge in [-0.15, -0.1) is 0 Å². The lowest BCUT2D eigenvalue weighted by molar-refractivity contribution is 0.0871. The standard InChI is InChI=1S/C13H23N3O/c1-10-6-12(17-13(10)7-14)9-16-5-4-15(3)8-11(16)2/h6,11H,4-5,7-9,14H2,1-3H3. The summed E-state index contributed by atoms with van der Waals surface area (Å²) in [5.41, 5.74) is 6.80. The molecular formula is C13H23N3O. The van der Waals surface area contributed by atoms with Crippen molar-refractivity contribution in [2.45, 2.75) is 33.0 Å². The van der Waals surface area contributed by atoms with Gasteiger partial charge in [-0.1, -0.05) is 0 Å². The first-order chi connectivity index (χ1) is 8.10. The van der Waals surface area contributed by atoms with Crippen molar-refractivity contribution in [3.8, 4) is 0 Å². The largest absolute Gasteiger partial charge is 0.463 e. The van der Waals surface area contributed by atoms with E-state index in [0.717, 1.165) is 37.7 Å². The number of piperazine rings is 1. The summed E-state index contributed by atoms with van der Waals surface area (Å²) in [6.45, 7) is 9.09. The van der Waals surface area contributed by atoms with Crippen molar-refractivity contribution >= 4 is 0 Å². The Morgan fingerprint density at radius 1 is 1.47 bits per heavy atom. The van der Waals surface area contributed by atoms with Crippen LogP contribution >= 0.6 is 0 Å². The van der Waals surface area contributed by atoms with E-state index in [1.54, 1.807) is 0 Å². The molecule has 0 aliphatic carbocycles. The Balaban J connectivity index is 2.00. The average molecular weight is 237 g/mol. The van der Waals surface area contributed by atoms with Crippen LogP contribution in [0, 0.1) is 6.92 Å². The van der Waals surface area contributed by atoms with Gasteiger partial charge in [-0.2, -0.15) is 0 Å². The van der Waals surface area contributed by atoms with Crippen LogP contribution in [0.1, 0.15) is 24.0 Å². The molecule has 1 fully saturated rings. The van der Waals surface area contributed by atoms with Crippen LogP contribution in [0.5, 0.6) is 0 Å². The second-order valence-corrected chi connectivity index (χ2v) is 5.10. The summed E-state index contributed by atoms with van der Waals surface area (Å²) in [5.74, 6) is 1.96. The van der Waals surface area contributed by atoms with E-state index in [9.17, 15) is 0 Å². The highest BCUT2D eigenvalue weighted by Crippen LogP contribution is 2.18. The Labute approximate surface area is 103 Å². The van der Waals surface area contributed by atoms with Gasteiger partial charge in [0.15, 0.2) is 0 Å². The predicted octanol–water partition coefficient (Wildman–Crippen LogP) is 1.18. The molecule has 2 N–H and O–H groups in total. The minimum Gasteiger partial charge on any atom is -0.463 e. The second-order valence-electron chi connectivity index (χ2n) is 5.10. The minimum absolute atomic E-state index is 0.490. The zero-order valence-corrected chi connectivity index (χ0v) is 11.1. The molecule has 2 rings (SSSR count). The fraction of sp³-hybridized carbons (Fsp3) is 0.692. The number of rotatable bonds is 3. The van der Waals surface area contributed by atoms with Crippen LogP contribution in [0.25, 0.3) is 0 Å². The molecule has 17 heavy (non-hydrogen) atoms. The first-order valence-electron chi connectivity index (χ1n) is 6.31. The average Bonchev–Trinajstić information content (AvgIpc) is 2.63. The lowest BCUT2D eigenvalue weighted by atomic mass is 10.2. The van der Waals surface area contributed by atoms with E-state index in [4.69, 9.17) is 10.2 Å². The molecule has 2 heterocycles. The van der Waals surface area contributed by atoms with E-state index in [1.807, 2.05) is 0 Å². The van der Waals surface area contributed by atoms with Crippen LogP contribution in [0.4, 0.5) is 0 Å². The first-order valence-corrected chi connectivity index (χ1v) is 6.31. The number of nitrogens with two attached hydrogens (primary N) is 1. The monoisotopic (exact) mass is 237 g/mol. The molecule has 1 atom stereocenters. The summed E-state index contributed by atoms with van der Waals surface area (Å²) in [4.78, 5) is 4.85. The molecular weight excluding hydrogens is 214 g/mol. The van der Waals surface area contributed by atoms with E-state index in [-0.39, 0.29) is 0 Å². The smallest absolute Gasteiger partial charge is 0.120 e. The Bertz CT molecular complexity index is 375. The Morgan fingerprint density at radius 2 is 2.24 bits per heavy atom. The fourth-order valence-corrected chi connectivity index (χ4v) is 2.48. The van der Waals surface area contributed by atoms with Gasteiger partial charge in [0.2, 0.25) is 0 Å². The molecule has 0 spiro atoms. The lowest BCUT2D eigenvalue weighted by Gasteiger charge is -2.37. The molecule has 0 radical (unpaired) electrons. The molecule has 1 unspecified atom stereocenters. The molecule has 96 valence electrons. The molecule has 4 nitrogen and oxygen atoms in total. The van der Waals surface area contributed by atoms with Gasteiger partial charge in [0, 0.05) is 25.7 Å². The molecule has 1 aromatic rings. The summed E-state index contributed by atoms with van der Waals surface area (Å²) in [6, 6.07) is 2.70. The van der Waals surface area contributed by atoms with Gasteiger partial charge in [-0.05, 0) is 32.5 Å². The van der Waals surface area contributed by atoms with Crippen molar-refractivity contribution < 1.29 is 4.42 Å². The van der Waals surface area contributed by atoms with Crippen molar-refractivity contribution in [2.24, 2.45) is 5.73 Å². The molecule has 0 aromatic carbocycles. The molecule has 1 saturated heterocycles. The third-order valence-electron chi connectivity index (χ3n) is 3.58. The molecule has 4 heteroatoms. The van der Waals surface area contributed by atoms with Gasteiger partial charge in [0.1, 0.15) is 11.5 Å². The van der Waals surface area contributed by atoms with Crippen molar-refractivity contribution in [1.82, 2.24) is 9.80 Å². The zero-order chi connectivity index (χ0) is 12.4. The number of nitrogens with zero attached hydrogens (tertiary/aromatic N) is 2. The zero-order valence-electron chi connectivity index (χ0n) is 11.1. The Morgan fingerprint density at radius 3 is 2.82 bits per heavy atom. The normalized spacial score (nSPS) is 23.2. The summed E-state index contributed by atoms with van der Waals surface area (Å²) in [6.07, 6.45) is 0. The van der Waals surface area contributed by atoms with Crippen LogP contribution in [-0.2, 0) is 13.1 Å². The minimum atomic E-state index is 0.490. The topological polar surface area (TPSA) is 45.6 Å². The van der Waals surface area contributed by atoms with Crippen LogP contribution in [0.2, 0.25) is 0 Å². The number of aryl methyl sites for hydroxylation is 1. The quantitative estimate of drug-likeness (QED) is 0.857. The van der Waals surface area contributed by atoms with Gasteiger partial charge in [-0.3, -0.25) is 4.90 Å². The van der Waals surface area contributed by atoms with Crippen LogP contribution in [-0.4, -0.2) is 42.5 Å². The van der Waals surface area contributed by atoms with Crippen molar-refractivity contribution in [3.05, 3.63) is 23.2 Å². The van der Waals surface area contributed by atoms with E-state index in [0.29, 0.717) is 12.6 Å². The van der Waals surface area contributed by atoms with Crippen LogP contribution < -0.4 is 5.73 Å². The molecule has 0 bridgehead atoms. The maximum atomic E-state index is 5.76. The van der Waals surface area contributed by atoms with E-state index in [1.165, 1.54) is 5.56 Å². The maximum Gasteiger partial charge on any atom is 0.120 e. The SMILES string of the molecule is Cc1cc(CN2CCN(C)CC2C)oc1CN. The van der Waals surface area contributed by atoms with Crippen LogP contribution in [0.15, 0.2) is 10.5 Å². The fourth-order valence-electron chi connectivity index (χ4n) is 2.48. The van der Waals surface area contributed by atoms with Gasteiger partial charge in [0.05, 0.1) is 13.1 Å². The third-order valence-corrected chi connectivity index (χ3v) is 3.58. The predicted molar refractivity (Wildman–Crippen MR) is 68.7 cm³/mol. The summed E-state index contributed by atoms with van der Waals surface area (Å²) in [5, 5.41) is 0. The molecule has 1 aromatic heterocycles. The van der Waals surface area contributed by atoms with Crippen molar-refractivity contribution in [2.75, 3.05) is 26.7 Å². The van der Waals surface area contributed by atoms with E-state index in [2.05, 4.69) is 36.8 Å². The highest BCUT2D eigenvalue weighted by Gasteiger charge is 2.22. The Hall–Kier alpha value is -0.840. The summed E-state index contributed by atoms with van der Waals surface area (Å²) >= 11 is 0. The van der Waals surface area contributed by atoms with Gasteiger partial charge < -0.3 is 15.1 Å². The number of hydrogen-bond acceptors (Lipinski definition) is 4. The molecule has 0 amide bonds. The van der Waals surface area contributed by atoms with E-state index < -0.39 is 0 Å². The molecule has 1 aliphatic heterocycles. The highest BCUT2D eigenvalue weighted by molar-refractivity contribution is 5.19. The second kappa shape index (κ2) is 5.21. The van der Waals surface area contributed by atoms with Gasteiger partial charge in [0.25, 0.3) is 0 Å².